The quantitative estimate of drug-likeness (QED) is 0.774. The minimum atomic E-state index is -0.0785. The van der Waals surface area contributed by atoms with Crippen LogP contribution in [-0.2, 0) is 6.42 Å². The van der Waals surface area contributed by atoms with E-state index in [4.69, 9.17) is 0 Å². The van der Waals surface area contributed by atoms with Gasteiger partial charge in [-0.3, -0.25) is 0 Å². The second-order valence-corrected chi connectivity index (χ2v) is 4.47. The molecule has 14 heavy (non-hydrogen) atoms. The van der Waals surface area contributed by atoms with Crippen LogP contribution in [0.1, 0.15) is 25.3 Å². The lowest BCUT2D eigenvalue weighted by Crippen LogP contribution is -2.11. The average molecular weight is 190 g/mol. The zero-order valence-corrected chi connectivity index (χ0v) is 8.69. The summed E-state index contributed by atoms with van der Waals surface area (Å²) < 4.78 is 0. The van der Waals surface area contributed by atoms with Gasteiger partial charge in [0.25, 0.3) is 0 Å². The highest BCUT2D eigenvalue weighted by Crippen LogP contribution is 2.41. The van der Waals surface area contributed by atoms with Crippen molar-refractivity contribution >= 4 is 0 Å². The van der Waals surface area contributed by atoms with E-state index in [1.54, 1.807) is 0 Å². The number of aryl methyl sites for hydroxylation is 1. The van der Waals surface area contributed by atoms with Crippen LogP contribution in [0.3, 0.4) is 0 Å². The highest BCUT2D eigenvalue weighted by atomic mass is 16.3. The molecule has 1 nitrogen and oxygen atoms in total. The van der Waals surface area contributed by atoms with E-state index in [0.29, 0.717) is 5.92 Å². The second-order valence-electron chi connectivity index (χ2n) is 4.47. The fraction of sp³-hybridized carbons (Fsp3) is 0.538. The van der Waals surface area contributed by atoms with Crippen LogP contribution in [0.2, 0.25) is 0 Å². The summed E-state index contributed by atoms with van der Waals surface area (Å²) in [7, 11) is 0. The van der Waals surface area contributed by atoms with E-state index >= 15 is 0 Å². The van der Waals surface area contributed by atoms with Gasteiger partial charge in [-0.2, -0.15) is 0 Å². The Kier molecular flexibility index (Phi) is 2.87. The summed E-state index contributed by atoms with van der Waals surface area (Å²) in [5.74, 6) is 1.33. The highest BCUT2D eigenvalue weighted by Gasteiger charge is 2.38. The predicted molar refractivity (Wildman–Crippen MR) is 58.0 cm³/mol. The van der Waals surface area contributed by atoms with E-state index in [-0.39, 0.29) is 6.10 Å². The standard InChI is InChI=1S/C13H18O/c1-10-9-12(10)13(14)8-7-11-5-3-2-4-6-11/h2-6,10,12-14H,7-9H2,1H3/t10-,12+,13-/m0/s1. The first-order valence-corrected chi connectivity index (χ1v) is 5.49. The third-order valence-electron chi connectivity index (χ3n) is 3.24. The van der Waals surface area contributed by atoms with Crippen LogP contribution in [0.15, 0.2) is 30.3 Å². The maximum atomic E-state index is 9.82. The van der Waals surface area contributed by atoms with Crippen molar-refractivity contribution < 1.29 is 5.11 Å². The zero-order chi connectivity index (χ0) is 9.97. The molecular formula is C13H18O. The van der Waals surface area contributed by atoms with Gasteiger partial charge in [-0.15, -0.1) is 0 Å². The first-order valence-electron chi connectivity index (χ1n) is 5.49. The third kappa shape index (κ3) is 2.36. The van der Waals surface area contributed by atoms with Gasteiger partial charge in [-0.25, -0.2) is 0 Å². The third-order valence-corrected chi connectivity index (χ3v) is 3.24. The van der Waals surface area contributed by atoms with Gasteiger partial charge < -0.3 is 5.11 Å². The van der Waals surface area contributed by atoms with E-state index < -0.39 is 0 Å². The first kappa shape index (κ1) is 9.72. The van der Waals surface area contributed by atoms with Crippen molar-refractivity contribution in [3.63, 3.8) is 0 Å². The topological polar surface area (TPSA) is 20.2 Å². The monoisotopic (exact) mass is 190 g/mol. The Morgan fingerprint density at radius 1 is 1.36 bits per heavy atom. The molecule has 0 aromatic heterocycles. The summed E-state index contributed by atoms with van der Waals surface area (Å²) in [4.78, 5) is 0. The molecule has 0 bridgehead atoms. The molecule has 0 amide bonds. The van der Waals surface area contributed by atoms with Gasteiger partial charge in [0.15, 0.2) is 0 Å². The van der Waals surface area contributed by atoms with E-state index in [1.807, 2.05) is 6.07 Å². The number of hydrogen-bond acceptors (Lipinski definition) is 1. The van der Waals surface area contributed by atoms with E-state index in [0.717, 1.165) is 18.8 Å². The molecule has 1 aromatic carbocycles. The molecule has 0 heterocycles. The molecule has 0 radical (unpaired) electrons. The van der Waals surface area contributed by atoms with Gasteiger partial charge in [0.2, 0.25) is 0 Å². The van der Waals surface area contributed by atoms with Gasteiger partial charge in [-0.1, -0.05) is 37.3 Å². The largest absolute Gasteiger partial charge is 0.393 e. The molecule has 1 aromatic rings. The summed E-state index contributed by atoms with van der Waals surface area (Å²) in [5.41, 5.74) is 1.33. The van der Waals surface area contributed by atoms with E-state index in [2.05, 4.69) is 31.2 Å². The molecule has 0 aliphatic heterocycles. The predicted octanol–water partition coefficient (Wildman–Crippen LogP) is 2.64. The number of aliphatic hydroxyl groups excluding tert-OH is 1. The fourth-order valence-corrected chi connectivity index (χ4v) is 2.06. The Balaban J connectivity index is 1.77. The molecule has 3 atom stereocenters. The summed E-state index contributed by atoms with van der Waals surface area (Å²) in [6.45, 7) is 2.22. The molecule has 0 unspecified atom stereocenters. The summed E-state index contributed by atoms with van der Waals surface area (Å²) >= 11 is 0. The smallest absolute Gasteiger partial charge is 0.0574 e. The normalized spacial score (nSPS) is 27.3. The molecule has 0 spiro atoms. The fourth-order valence-electron chi connectivity index (χ4n) is 2.06. The molecule has 1 aliphatic rings. The Morgan fingerprint density at radius 2 is 2.00 bits per heavy atom. The number of benzene rings is 1. The lowest BCUT2D eigenvalue weighted by atomic mass is 10.0. The molecule has 1 fully saturated rings. The van der Waals surface area contributed by atoms with Crippen molar-refractivity contribution in [3.8, 4) is 0 Å². The van der Waals surface area contributed by atoms with Crippen LogP contribution in [0, 0.1) is 11.8 Å². The van der Waals surface area contributed by atoms with Gasteiger partial charge >= 0.3 is 0 Å². The summed E-state index contributed by atoms with van der Waals surface area (Å²) in [5, 5.41) is 9.82. The highest BCUT2D eigenvalue weighted by molar-refractivity contribution is 5.14. The molecule has 2 rings (SSSR count). The summed E-state index contributed by atoms with van der Waals surface area (Å²) in [6, 6.07) is 10.4. The van der Waals surface area contributed by atoms with Crippen LogP contribution in [0.25, 0.3) is 0 Å². The molecule has 1 aliphatic carbocycles. The Labute approximate surface area is 85.8 Å². The second kappa shape index (κ2) is 4.14. The molecule has 1 N–H and O–H groups in total. The molecule has 1 saturated carbocycles. The Bertz CT molecular complexity index is 281. The minimum absolute atomic E-state index is 0.0785. The number of aliphatic hydroxyl groups is 1. The Morgan fingerprint density at radius 3 is 2.57 bits per heavy atom. The summed E-state index contributed by atoms with van der Waals surface area (Å²) in [6.07, 6.45) is 3.06. The number of hydrogen-bond donors (Lipinski definition) is 1. The van der Waals surface area contributed by atoms with Gasteiger partial charge in [0, 0.05) is 0 Å². The van der Waals surface area contributed by atoms with E-state index in [1.165, 1.54) is 12.0 Å². The van der Waals surface area contributed by atoms with Crippen molar-refractivity contribution in [1.29, 1.82) is 0 Å². The van der Waals surface area contributed by atoms with Crippen molar-refractivity contribution in [2.24, 2.45) is 11.8 Å². The first-order chi connectivity index (χ1) is 6.77. The van der Waals surface area contributed by atoms with Crippen molar-refractivity contribution in [2.45, 2.75) is 32.3 Å². The van der Waals surface area contributed by atoms with E-state index in [9.17, 15) is 5.11 Å². The van der Waals surface area contributed by atoms with Crippen LogP contribution in [0.5, 0.6) is 0 Å². The van der Waals surface area contributed by atoms with Gasteiger partial charge in [0.1, 0.15) is 0 Å². The maximum absolute atomic E-state index is 9.82. The number of rotatable bonds is 4. The van der Waals surface area contributed by atoms with Crippen LogP contribution < -0.4 is 0 Å². The van der Waals surface area contributed by atoms with Crippen molar-refractivity contribution in [1.82, 2.24) is 0 Å². The van der Waals surface area contributed by atoms with Crippen molar-refractivity contribution in [3.05, 3.63) is 35.9 Å². The lowest BCUT2D eigenvalue weighted by Gasteiger charge is -2.09. The van der Waals surface area contributed by atoms with Crippen LogP contribution in [0.4, 0.5) is 0 Å². The maximum Gasteiger partial charge on any atom is 0.0574 e. The van der Waals surface area contributed by atoms with Crippen LogP contribution in [-0.4, -0.2) is 11.2 Å². The molecule has 0 saturated heterocycles. The lowest BCUT2D eigenvalue weighted by molar-refractivity contribution is 0.136. The zero-order valence-electron chi connectivity index (χ0n) is 8.69. The Hall–Kier alpha value is -0.820. The average Bonchev–Trinajstić information content (AvgIpc) is 2.94. The minimum Gasteiger partial charge on any atom is -0.393 e. The molecule has 76 valence electrons. The van der Waals surface area contributed by atoms with Gasteiger partial charge in [-0.05, 0) is 36.7 Å². The van der Waals surface area contributed by atoms with Gasteiger partial charge in [0.05, 0.1) is 6.10 Å². The SMILES string of the molecule is C[C@H]1C[C@H]1[C@@H](O)CCc1ccccc1. The van der Waals surface area contributed by atoms with Crippen LogP contribution >= 0.6 is 0 Å². The molecular weight excluding hydrogens is 172 g/mol. The van der Waals surface area contributed by atoms with Crippen molar-refractivity contribution in [2.75, 3.05) is 0 Å². The molecule has 1 heteroatoms.